The number of carbonyl (C=O) groups is 1. The number of halogens is 2. The van der Waals surface area contributed by atoms with Gasteiger partial charge in [-0.3, -0.25) is 4.79 Å². The van der Waals surface area contributed by atoms with Gasteiger partial charge in [-0.2, -0.15) is 0 Å². The lowest BCUT2D eigenvalue weighted by Crippen LogP contribution is -2.57. The van der Waals surface area contributed by atoms with E-state index < -0.39 is 11.4 Å². The number of nitrogens with one attached hydrogen (secondary N) is 1. The molecule has 3 nitrogen and oxygen atoms in total. The Morgan fingerprint density at radius 3 is 2.68 bits per heavy atom. The van der Waals surface area contributed by atoms with E-state index in [9.17, 15) is 14.3 Å². The molecule has 0 unspecified atom stereocenters. The van der Waals surface area contributed by atoms with Crippen LogP contribution in [0.25, 0.3) is 0 Å². The first kappa shape index (κ1) is 17.4. The third-order valence-electron chi connectivity index (χ3n) is 4.31. The highest BCUT2D eigenvalue weighted by Crippen LogP contribution is 2.43. The summed E-state index contributed by atoms with van der Waals surface area (Å²) in [7, 11) is 0. The topological polar surface area (TPSA) is 49.3 Å². The number of rotatable bonds is 3. The third-order valence-corrected chi connectivity index (χ3v) is 4.97. The van der Waals surface area contributed by atoms with Gasteiger partial charge in [0.05, 0.1) is 17.7 Å². The minimum atomic E-state index is -0.619. The molecule has 22 heavy (non-hydrogen) atoms. The van der Waals surface area contributed by atoms with Crippen molar-refractivity contribution < 1.29 is 14.3 Å². The van der Waals surface area contributed by atoms with Crippen molar-refractivity contribution in [1.29, 1.82) is 0 Å². The minimum Gasteiger partial charge on any atom is -0.394 e. The molecule has 2 N–H and O–H groups in total. The normalized spacial score (nSPS) is 27.5. The van der Waals surface area contributed by atoms with Crippen LogP contribution in [0.5, 0.6) is 0 Å². The van der Waals surface area contributed by atoms with Gasteiger partial charge in [0, 0.05) is 4.47 Å². The average Bonchev–Trinajstić information content (AvgIpc) is 2.35. The molecule has 0 radical (unpaired) electrons. The molecule has 1 aliphatic rings. The van der Waals surface area contributed by atoms with Crippen molar-refractivity contribution in [1.82, 2.24) is 5.32 Å². The van der Waals surface area contributed by atoms with Crippen molar-refractivity contribution in [3.8, 4) is 0 Å². The van der Waals surface area contributed by atoms with E-state index in [1.807, 2.05) is 0 Å². The van der Waals surface area contributed by atoms with Crippen molar-refractivity contribution >= 4 is 21.8 Å². The van der Waals surface area contributed by atoms with Gasteiger partial charge in [-0.1, -0.05) is 20.8 Å². The van der Waals surface area contributed by atoms with E-state index in [2.05, 4.69) is 42.0 Å². The summed E-state index contributed by atoms with van der Waals surface area (Å²) in [6.45, 7) is 6.37. The zero-order valence-corrected chi connectivity index (χ0v) is 14.8. The lowest BCUT2D eigenvalue weighted by molar-refractivity contribution is 0.0334. The molecule has 0 heterocycles. The van der Waals surface area contributed by atoms with Crippen LogP contribution < -0.4 is 5.32 Å². The SMILES string of the molecule is C[C@@H]1CC(C)(C)C[C@](CO)(NC(=O)c2ccc(F)cc2Br)C1. The van der Waals surface area contributed by atoms with Crippen LogP contribution in [0.3, 0.4) is 0 Å². The number of carbonyl (C=O) groups excluding carboxylic acids is 1. The Morgan fingerprint density at radius 1 is 1.45 bits per heavy atom. The van der Waals surface area contributed by atoms with E-state index in [0.29, 0.717) is 16.0 Å². The van der Waals surface area contributed by atoms with E-state index in [4.69, 9.17) is 0 Å². The van der Waals surface area contributed by atoms with Gasteiger partial charge < -0.3 is 10.4 Å². The second-order valence-corrected chi connectivity index (χ2v) is 8.23. The monoisotopic (exact) mass is 371 g/mol. The summed E-state index contributed by atoms with van der Waals surface area (Å²) in [4.78, 5) is 12.6. The van der Waals surface area contributed by atoms with Crippen LogP contribution in [-0.4, -0.2) is 23.2 Å². The van der Waals surface area contributed by atoms with E-state index in [1.165, 1.54) is 18.2 Å². The lowest BCUT2D eigenvalue weighted by atomic mass is 9.64. The summed E-state index contributed by atoms with van der Waals surface area (Å²) in [5.41, 5.74) is -0.176. The maximum atomic E-state index is 13.2. The molecule has 0 bridgehead atoms. The molecule has 2 rings (SSSR count). The zero-order chi connectivity index (χ0) is 16.5. The highest BCUT2D eigenvalue weighted by atomic mass is 79.9. The molecule has 122 valence electrons. The molecule has 1 saturated carbocycles. The first-order chi connectivity index (χ1) is 10.2. The molecule has 1 amide bonds. The molecule has 2 atom stereocenters. The number of benzene rings is 1. The number of hydrogen-bond donors (Lipinski definition) is 2. The van der Waals surface area contributed by atoms with Crippen LogP contribution >= 0.6 is 15.9 Å². The van der Waals surface area contributed by atoms with Crippen molar-refractivity contribution in [2.45, 2.75) is 45.6 Å². The van der Waals surface area contributed by atoms with E-state index >= 15 is 0 Å². The van der Waals surface area contributed by atoms with E-state index in [0.717, 1.165) is 19.3 Å². The Kier molecular flexibility index (Phi) is 4.97. The fourth-order valence-electron chi connectivity index (χ4n) is 3.98. The molecule has 0 saturated heterocycles. The predicted molar refractivity (Wildman–Crippen MR) is 88.2 cm³/mol. The van der Waals surface area contributed by atoms with Crippen molar-refractivity contribution in [2.24, 2.45) is 11.3 Å². The second kappa shape index (κ2) is 6.28. The van der Waals surface area contributed by atoms with Crippen molar-refractivity contribution in [2.75, 3.05) is 6.61 Å². The van der Waals surface area contributed by atoms with E-state index in [-0.39, 0.29) is 17.9 Å². The second-order valence-electron chi connectivity index (χ2n) is 7.37. The van der Waals surface area contributed by atoms with Gasteiger partial charge in [0.1, 0.15) is 5.82 Å². The summed E-state index contributed by atoms with van der Waals surface area (Å²) in [6, 6.07) is 3.99. The molecule has 1 aromatic carbocycles. The molecule has 1 fully saturated rings. The van der Waals surface area contributed by atoms with Crippen molar-refractivity contribution in [3.63, 3.8) is 0 Å². The smallest absolute Gasteiger partial charge is 0.252 e. The minimum absolute atomic E-state index is 0.0632. The molecule has 5 heteroatoms. The van der Waals surface area contributed by atoms with Crippen LogP contribution in [-0.2, 0) is 0 Å². The standard InChI is InChI=1S/C17H23BrFNO2/c1-11-7-16(2,3)9-17(8-11,10-21)20-15(22)13-5-4-12(19)6-14(13)18/h4-6,11,21H,7-10H2,1-3H3,(H,20,22)/t11-,17-/m1/s1. The first-order valence-electron chi connectivity index (χ1n) is 7.55. The van der Waals surface area contributed by atoms with Gasteiger partial charge in [0.25, 0.3) is 5.91 Å². The number of amides is 1. The number of aliphatic hydroxyl groups is 1. The van der Waals surface area contributed by atoms with Gasteiger partial charge in [0.2, 0.25) is 0 Å². The van der Waals surface area contributed by atoms with Gasteiger partial charge in [-0.15, -0.1) is 0 Å². The summed E-state index contributed by atoms with van der Waals surface area (Å²) in [5.74, 6) is -0.258. The zero-order valence-electron chi connectivity index (χ0n) is 13.2. The Hall–Kier alpha value is -0.940. The van der Waals surface area contributed by atoms with Crippen LogP contribution in [0.1, 0.15) is 50.4 Å². The summed E-state index contributed by atoms with van der Waals surface area (Å²) in [6.07, 6.45) is 2.55. The highest BCUT2D eigenvalue weighted by Gasteiger charge is 2.43. The van der Waals surface area contributed by atoms with Crippen LogP contribution in [0.4, 0.5) is 4.39 Å². The van der Waals surface area contributed by atoms with Crippen molar-refractivity contribution in [3.05, 3.63) is 34.1 Å². The lowest BCUT2D eigenvalue weighted by Gasteiger charge is -2.47. The molecule has 0 aliphatic heterocycles. The fourth-order valence-corrected chi connectivity index (χ4v) is 4.51. The predicted octanol–water partition coefficient (Wildman–Crippen LogP) is 3.90. The molecular formula is C17H23BrFNO2. The quantitative estimate of drug-likeness (QED) is 0.846. The van der Waals surface area contributed by atoms with Gasteiger partial charge in [-0.25, -0.2) is 4.39 Å². The molecule has 0 spiro atoms. The highest BCUT2D eigenvalue weighted by molar-refractivity contribution is 9.10. The number of hydrogen-bond acceptors (Lipinski definition) is 2. The molecular weight excluding hydrogens is 349 g/mol. The number of aliphatic hydroxyl groups excluding tert-OH is 1. The summed E-state index contributed by atoms with van der Waals surface area (Å²) >= 11 is 3.22. The first-order valence-corrected chi connectivity index (χ1v) is 8.34. The maximum Gasteiger partial charge on any atom is 0.252 e. The summed E-state index contributed by atoms with van der Waals surface area (Å²) < 4.78 is 13.6. The Morgan fingerprint density at radius 2 is 2.14 bits per heavy atom. The molecule has 1 aromatic rings. The van der Waals surface area contributed by atoms with Crippen LogP contribution in [0.2, 0.25) is 0 Å². The van der Waals surface area contributed by atoms with E-state index in [1.54, 1.807) is 0 Å². The Balaban J connectivity index is 2.24. The Bertz CT molecular complexity index is 576. The van der Waals surface area contributed by atoms with Gasteiger partial charge in [0.15, 0.2) is 0 Å². The van der Waals surface area contributed by atoms with Crippen LogP contribution in [0.15, 0.2) is 22.7 Å². The third kappa shape index (κ3) is 3.87. The van der Waals surface area contributed by atoms with Gasteiger partial charge >= 0.3 is 0 Å². The molecule has 0 aromatic heterocycles. The molecule has 1 aliphatic carbocycles. The maximum absolute atomic E-state index is 13.2. The largest absolute Gasteiger partial charge is 0.394 e. The van der Waals surface area contributed by atoms with Gasteiger partial charge in [-0.05, 0) is 64.7 Å². The fraction of sp³-hybridized carbons (Fsp3) is 0.588. The van der Waals surface area contributed by atoms with Crippen LogP contribution in [0, 0.1) is 17.2 Å². The Labute approximate surface area is 139 Å². The average molecular weight is 372 g/mol. The summed E-state index contributed by atoms with van der Waals surface area (Å²) in [5, 5.41) is 12.9.